The number of ketones is 1. The molecule has 0 aliphatic heterocycles. The average Bonchev–Trinajstić information content (AvgIpc) is 3.02. The van der Waals surface area contributed by atoms with Crippen LogP contribution in [-0.2, 0) is 0 Å². The van der Waals surface area contributed by atoms with Crippen molar-refractivity contribution in [1.29, 1.82) is 0 Å². The van der Waals surface area contributed by atoms with Gasteiger partial charge in [0.15, 0.2) is 5.78 Å². The van der Waals surface area contributed by atoms with Crippen molar-refractivity contribution in [2.24, 2.45) is 5.92 Å². The van der Waals surface area contributed by atoms with E-state index in [0.29, 0.717) is 11.1 Å². The minimum atomic E-state index is -2.94. The number of alkyl halides is 2. The van der Waals surface area contributed by atoms with Gasteiger partial charge < -0.3 is 0 Å². The van der Waals surface area contributed by atoms with Gasteiger partial charge in [0, 0.05) is 5.56 Å². The summed E-state index contributed by atoms with van der Waals surface area (Å²) in [6.45, 7) is 0. The molecule has 0 bridgehead atoms. The molecule has 1 saturated carbocycles. The molecular weight excluding hydrogens is 246 g/mol. The summed E-state index contributed by atoms with van der Waals surface area (Å²) >= 11 is 0. The lowest BCUT2D eigenvalue weighted by atomic mass is 10.0. The summed E-state index contributed by atoms with van der Waals surface area (Å²) in [5, 5.41) is 0. The van der Waals surface area contributed by atoms with E-state index in [0.717, 1.165) is 0 Å². The molecule has 2 aromatic carbocycles. The minimum Gasteiger partial charge on any atom is -0.294 e. The number of hydrogen-bond donors (Lipinski definition) is 0. The van der Waals surface area contributed by atoms with Gasteiger partial charge in [-0.15, -0.1) is 0 Å². The van der Waals surface area contributed by atoms with Crippen LogP contribution in [0.3, 0.4) is 0 Å². The first kappa shape index (κ1) is 12.0. The van der Waals surface area contributed by atoms with Gasteiger partial charge >= 0.3 is 0 Å². The molecule has 2 atom stereocenters. The normalized spacial score (nSPS) is 23.9. The van der Waals surface area contributed by atoms with E-state index >= 15 is 0 Å². The van der Waals surface area contributed by atoms with Crippen LogP contribution in [0.25, 0.3) is 0 Å². The maximum atomic E-state index is 13.9. The molecule has 3 rings (SSSR count). The maximum absolute atomic E-state index is 13.9. The van der Waals surface area contributed by atoms with E-state index in [9.17, 15) is 13.6 Å². The smallest absolute Gasteiger partial charge is 0.266 e. The first-order chi connectivity index (χ1) is 9.12. The molecule has 0 heterocycles. The molecule has 0 saturated heterocycles. The third kappa shape index (κ3) is 1.95. The fourth-order valence-corrected chi connectivity index (χ4v) is 2.51. The Hall–Kier alpha value is -2.03. The van der Waals surface area contributed by atoms with E-state index in [1.54, 1.807) is 60.7 Å². The van der Waals surface area contributed by atoms with Crippen molar-refractivity contribution >= 4 is 5.78 Å². The largest absolute Gasteiger partial charge is 0.294 e. The van der Waals surface area contributed by atoms with E-state index in [1.165, 1.54) is 0 Å². The van der Waals surface area contributed by atoms with Crippen LogP contribution in [0.4, 0.5) is 8.78 Å². The lowest BCUT2D eigenvalue weighted by Gasteiger charge is -1.98. The zero-order valence-corrected chi connectivity index (χ0v) is 10.1. The molecule has 2 aromatic rings. The molecular formula is C16H12F2O. The van der Waals surface area contributed by atoms with Crippen molar-refractivity contribution in [2.45, 2.75) is 11.8 Å². The summed E-state index contributed by atoms with van der Waals surface area (Å²) < 4.78 is 27.7. The quantitative estimate of drug-likeness (QED) is 0.763. The van der Waals surface area contributed by atoms with Crippen molar-refractivity contribution < 1.29 is 13.6 Å². The Bertz CT molecular complexity index is 593. The summed E-state index contributed by atoms with van der Waals surface area (Å²) in [6.07, 6.45) is 0. The molecule has 96 valence electrons. The zero-order valence-electron chi connectivity index (χ0n) is 10.1. The molecule has 19 heavy (non-hydrogen) atoms. The number of hydrogen-bond acceptors (Lipinski definition) is 1. The highest BCUT2D eigenvalue weighted by atomic mass is 19.3. The fraction of sp³-hybridized carbons (Fsp3) is 0.188. The van der Waals surface area contributed by atoms with Gasteiger partial charge in [-0.1, -0.05) is 60.7 Å². The van der Waals surface area contributed by atoms with E-state index in [4.69, 9.17) is 0 Å². The zero-order chi connectivity index (χ0) is 13.5. The second kappa shape index (κ2) is 4.26. The van der Waals surface area contributed by atoms with Gasteiger partial charge in [0.2, 0.25) is 0 Å². The molecule has 0 radical (unpaired) electrons. The van der Waals surface area contributed by atoms with Crippen LogP contribution in [-0.4, -0.2) is 11.7 Å². The van der Waals surface area contributed by atoms with Crippen molar-refractivity contribution in [2.75, 3.05) is 0 Å². The van der Waals surface area contributed by atoms with Crippen molar-refractivity contribution in [3.63, 3.8) is 0 Å². The van der Waals surface area contributed by atoms with Crippen LogP contribution in [0.1, 0.15) is 21.8 Å². The third-order valence-electron chi connectivity index (χ3n) is 3.55. The maximum Gasteiger partial charge on any atom is 0.266 e. The molecule has 1 aliphatic rings. The molecule has 0 amide bonds. The summed E-state index contributed by atoms with van der Waals surface area (Å²) in [5.74, 6) is -5.62. The van der Waals surface area contributed by atoms with Crippen LogP contribution in [0.15, 0.2) is 60.7 Å². The number of benzene rings is 2. The minimum absolute atomic E-state index is 0.352. The van der Waals surface area contributed by atoms with E-state index < -0.39 is 23.5 Å². The standard InChI is InChI=1S/C16H12F2O/c17-16(18)13(11-7-3-1-4-8-11)14(16)15(19)12-9-5-2-6-10-12/h1-10,13-14H. The van der Waals surface area contributed by atoms with Crippen LogP contribution in [0.2, 0.25) is 0 Å². The van der Waals surface area contributed by atoms with Crippen LogP contribution >= 0.6 is 0 Å². The van der Waals surface area contributed by atoms with Gasteiger partial charge in [-0.05, 0) is 5.56 Å². The van der Waals surface area contributed by atoms with E-state index in [2.05, 4.69) is 0 Å². The third-order valence-corrected chi connectivity index (χ3v) is 3.55. The Morgan fingerprint density at radius 2 is 1.42 bits per heavy atom. The monoisotopic (exact) mass is 258 g/mol. The lowest BCUT2D eigenvalue weighted by Crippen LogP contribution is -2.07. The van der Waals surface area contributed by atoms with Gasteiger partial charge in [-0.25, -0.2) is 8.78 Å². The second-order valence-corrected chi connectivity index (χ2v) is 4.77. The van der Waals surface area contributed by atoms with Crippen LogP contribution in [0.5, 0.6) is 0 Å². The topological polar surface area (TPSA) is 17.1 Å². The summed E-state index contributed by atoms with van der Waals surface area (Å²) in [7, 11) is 0. The Morgan fingerprint density at radius 1 is 0.895 bits per heavy atom. The summed E-state index contributed by atoms with van der Waals surface area (Å²) in [5.41, 5.74) is 0.882. The molecule has 0 aromatic heterocycles. The van der Waals surface area contributed by atoms with E-state index in [1.807, 2.05) is 0 Å². The number of halogens is 2. The molecule has 1 fully saturated rings. The molecule has 0 spiro atoms. The summed E-state index contributed by atoms with van der Waals surface area (Å²) in [4.78, 5) is 12.1. The van der Waals surface area contributed by atoms with Crippen LogP contribution in [0, 0.1) is 5.92 Å². The molecule has 3 heteroatoms. The highest BCUT2D eigenvalue weighted by Crippen LogP contribution is 2.62. The number of rotatable bonds is 3. The first-order valence-electron chi connectivity index (χ1n) is 6.14. The Labute approximate surface area is 109 Å². The number of carbonyl (C=O) groups excluding carboxylic acids is 1. The SMILES string of the molecule is O=C(c1ccccc1)C1C(c2ccccc2)C1(F)F. The van der Waals surface area contributed by atoms with Crippen molar-refractivity contribution in [3.05, 3.63) is 71.8 Å². The van der Waals surface area contributed by atoms with Gasteiger partial charge in [-0.3, -0.25) is 4.79 Å². The predicted molar refractivity (Wildman–Crippen MR) is 68.4 cm³/mol. The Kier molecular flexibility index (Phi) is 2.70. The highest BCUT2D eigenvalue weighted by Gasteiger charge is 2.71. The van der Waals surface area contributed by atoms with Gasteiger partial charge in [0.1, 0.15) is 0 Å². The average molecular weight is 258 g/mol. The molecule has 0 N–H and O–H groups in total. The van der Waals surface area contributed by atoms with Gasteiger partial charge in [0.05, 0.1) is 11.8 Å². The van der Waals surface area contributed by atoms with Gasteiger partial charge in [0.25, 0.3) is 5.92 Å². The second-order valence-electron chi connectivity index (χ2n) is 4.77. The van der Waals surface area contributed by atoms with Crippen molar-refractivity contribution in [3.8, 4) is 0 Å². The first-order valence-corrected chi connectivity index (χ1v) is 6.14. The lowest BCUT2D eigenvalue weighted by molar-refractivity contribution is 0.0742. The number of carbonyl (C=O) groups is 1. The summed E-state index contributed by atoms with van der Waals surface area (Å²) in [6, 6.07) is 16.8. The van der Waals surface area contributed by atoms with Gasteiger partial charge in [-0.2, -0.15) is 0 Å². The fourth-order valence-electron chi connectivity index (χ4n) is 2.51. The van der Waals surface area contributed by atoms with Crippen molar-refractivity contribution in [1.82, 2.24) is 0 Å². The number of Topliss-reactive ketones (excluding diaryl/α,β-unsaturated/α-hetero) is 1. The Morgan fingerprint density at radius 3 is 2.00 bits per heavy atom. The highest BCUT2D eigenvalue weighted by molar-refractivity contribution is 6.01. The molecule has 1 nitrogen and oxygen atoms in total. The van der Waals surface area contributed by atoms with E-state index in [-0.39, 0.29) is 0 Å². The Balaban J connectivity index is 1.89. The predicted octanol–water partition coefficient (Wildman–Crippen LogP) is 3.92. The molecule has 1 aliphatic carbocycles. The molecule has 2 unspecified atom stereocenters. The van der Waals surface area contributed by atoms with Crippen LogP contribution < -0.4 is 0 Å².